The molecule has 1 aliphatic rings. The van der Waals surface area contributed by atoms with E-state index >= 15 is 0 Å². The van der Waals surface area contributed by atoms with Crippen molar-refractivity contribution in [3.05, 3.63) is 113 Å². The van der Waals surface area contributed by atoms with Crippen molar-refractivity contribution in [2.75, 3.05) is 0 Å². The van der Waals surface area contributed by atoms with Gasteiger partial charge in [0.25, 0.3) is 0 Å². The zero-order valence-corrected chi connectivity index (χ0v) is 15.2. The van der Waals surface area contributed by atoms with E-state index in [1.54, 1.807) is 0 Å². The number of rotatable bonds is 3. The van der Waals surface area contributed by atoms with Crippen molar-refractivity contribution in [2.45, 2.75) is 19.3 Å². The van der Waals surface area contributed by atoms with Crippen molar-refractivity contribution in [1.82, 2.24) is 0 Å². The highest BCUT2D eigenvalue weighted by molar-refractivity contribution is 5.99. The smallest absolute Gasteiger partial charge is 0.0912 e. The van der Waals surface area contributed by atoms with Gasteiger partial charge < -0.3 is 0 Å². The second-order valence-electron chi connectivity index (χ2n) is 6.81. The Morgan fingerprint density at radius 2 is 1.48 bits per heavy atom. The Hall–Kier alpha value is -3.37. The van der Waals surface area contributed by atoms with Gasteiger partial charge in [0, 0.05) is 6.08 Å². The van der Waals surface area contributed by atoms with Gasteiger partial charge in [-0.15, -0.1) is 0 Å². The SMILES string of the molecule is N#CC=Cc1ccc(C2=C(c3ccccc3)CCCc3ccccc32)cc1. The standard InChI is InChI=1S/C26H21N/c27-19-7-8-20-15-17-23(18-16-20)26-24-13-5-4-11-22(24)12-6-14-25(26)21-9-2-1-3-10-21/h1-5,7-11,13,15-18H,6,12,14H2. The van der Waals surface area contributed by atoms with Gasteiger partial charge in [-0.3, -0.25) is 0 Å². The highest BCUT2D eigenvalue weighted by Crippen LogP contribution is 2.39. The largest absolute Gasteiger partial charge is 0.193 e. The fourth-order valence-corrected chi connectivity index (χ4v) is 3.88. The van der Waals surface area contributed by atoms with Crippen LogP contribution in [0.1, 0.15) is 40.7 Å². The molecule has 0 radical (unpaired) electrons. The zero-order valence-electron chi connectivity index (χ0n) is 15.2. The maximum atomic E-state index is 8.74. The van der Waals surface area contributed by atoms with Crippen LogP contribution in [0.25, 0.3) is 17.2 Å². The number of benzene rings is 3. The number of aryl methyl sites for hydroxylation is 1. The van der Waals surface area contributed by atoms with Crippen LogP contribution in [0.4, 0.5) is 0 Å². The molecule has 3 aromatic rings. The molecular formula is C26H21N. The van der Waals surface area contributed by atoms with E-state index in [4.69, 9.17) is 5.26 Å². The van der Waals surface area contributed by atoms with Crippen LogP contribution in [-0.2, 0) is 6.42 Å². The first-order valence-corrected chi connectivity index (χ1v) is 9.40. The highest BCUT2D eigenvalue weighted by Gasteiger charge is 2.19. The van der Waals surface area contributed by atoms with Gasteiger partial charge in [-0.05, 0) is 64.3 Å². The summed E-state index contributed by atoms with van der Waals surface area (Å²) >= 11 is 0. The first kappa shape index (κ1) is 17.1. The molecule has 0 fully saturated rings. The van der Waals surface area contributed by atoms with Gasteiger partial charge in [-0.2, -0.15) is 5.26 Å². The fraction of sp³-hybridized carbons (Fsp3) is 0.115. The first-order valence-electron chi connectivity index (χ1n) is 9.40. The number of fused-ring (bicyclic) bond motifs is 1. The van der Waals surface area contributed by atoms with Gasteiger partial charge in [-0.25, -0.2) is 0 Å². The molecule has 130 valence electrons. The average molecular weight is 347 g/mol. The number of hydrogen-bond donors (Lipinski definition) is 0. The average Bonchev–Trinajstić information content (AvgIpc) is 2.93. The van der Waals surface area contributed by atoms with Crippen LogP contribution in [0, 0.1) is 11.3 Å². The number of nitrogens with zero attached hydrogens (tertiary/aromatic N) is 1. The van der Waals surface area contributed by atoms with E-state index in [0.29, 0.717) is 0 Å². The summed E-state index contributed by atoms with van der Waals surface area (Å²) in [4.78, 5) is 0. The molecule has 0 aliphatic heterocycles. The van der Waals surface area contributed by atoms with Gasteiger partial charge in [0.1, 0.15) is 0 Å². The molecule has 0 amide bonds. The second kappa shape index (κ2) is 7.89. The van der Waals surface area contributed by atoms with Crippen LogP contribution < -0.4 is 0 Å². The van der Waals surface area contributed by atoms with E-state index in [0.717, 1.165) is 24.8 Å². The predicted molar refractivity (Wildman–Crippen MR) is 113 cm³/mol. The molecule has 0 N–H and O–H groups in total. The Morgan fingerprint density at radius 3 is 2.26 bits per heavy atom. The minimum Gasteiger partial charge on any atom is -0.193 e. The van der Waals surface area contributed by atoms with Crippen molar-refractivity contribution in [3.63, 3.8) is 0 Å². The minimum atomic E-state index is 1.05. The molecule has 3 aromatic carbocycles. The summed E-state index contributed by atoms with van der Waals surface area (Å²) in [6.07, 6.45) is 6.71. The molecule has 0 saturated carbocycles. The lowest BCUT2D eigenvalue weighted by Crippen LogP contribution is -1.96. The van der Waals surface area contributed by atoms with Crippen LogP contribution in [0.2, 0.25) is 0 Å². The maximum absolute atomic E-state index is 8.74. The molecule has 4 rings (SSSR count). The lowest BCUT2D eigenvalue weighted by atomic mass is 9.87. The van der Waals surface area contributed by atoms with E-state index in [9.17, 15) is 0 Å². The van der Waals surface area contributed by atoms with Gasteiger partial charge in [-0.1, -0.05) is 78.9 Å². The van der Waals surface area contributed by atoms with E-state index in [-0.39, 0.29) is 0 Å². The molecule has 1 heteroatoms. The highest BCUT2D eigenvalue weighted by atomic mass is 14.2. The van der Waals surface area contributed by atoms with Gasteiger partial charge in [0.05, 0.1) is 6.07 Å². The third kappa shape index (κ3) is 3.61. The van der Waals surface area contributed by atoms with E-state index in [2.05, 4.69) is 84.9 Å². The molecule has 0 spiro atoms. The topological polar surface area (TPSA) is 23.8 Å². The molecule has 1 nitrogen and oxygen atoms in total. The summed E-state index contributed by atoms with van der Waals surface area (Å²) < 4.78 is 0. The number of nitriles is 1. The number of hydrogen-bond acceptors (Lipinski definition) is 1. The maximum Gasteiger partial charge on any atom is 0.0912 e. The monoisotopic (exact) mass is 347 g/mol. The predicted octanol–water partition coefficient (Wildman–Crippen LogP) is 6.52. The van der Waals surface area contributed by atoms with Gasteiger partial charge in [0.15, 0.2) is 0 Å². The van der Waals surface area contributed by atoms with Crippen molar-refractivity contribution >= 4 is 17.2 Å². The molecule has 27 heavy (non-hydrogen) atoms. The van der Waals surface area contributed by atoms with Gasteiger partial charge in [0.2, 0.25) is 0 Å². The lowest BCUT2D eigenvalue weighted by Gasteiger charge is -2.16. The van der Waals surface area contributed by atoms with E-state index in [1.165, 1.54) is 39.5 Å². The molecular weight excluding hydrogens is 326 g/mol. The summed E-state index contributed by atoms with van der Waals surface area (Å²) in [6, 6.07) is 30.1. The molecule has 1 aliphatic carbocycles. The van der Waals surface area contributed by atoms with Crippen molar-refractivity contribution in [3.8, 4) is 6.07 Å². The fourth-order valence-electron chi connectivity index (χ4n) is 3.88. The number of allylic oxidation sites excluding steroid dienone is 2. The van der Waals surface area contributed by atoms with Gasteiger partial charge >= 0.3 is 0 Å². The summed E-state index contributed by atoms with van der Waals surface area (Å²) in [5.41, 5.74) is 9.10. The van der Waals surface area contributed by atoms with Crippen LogP contribution in [0.3, 0.4) is 0 Å². The van der Waals surface area contributed by atoms with Crippen molar-refractivity contribution < 1.29 is 0 Å². The van der Waals surface area contributed by atoms with E-state index in [1.807, 2.05) is 6.08 Å². The quantitative estimate of drug-likeness (QED) is 0.495. The normalized spacial score (nSPS) is 13.9. The second-order valence-corrected chi connectivity index (χ2v) is 6.81. The first-order chi connectivity index (χ1) is 13.4. The summed E-state index contributed by atoms with van der Waals surface area (Å²) in [6.45, 7) is 0. The van der Waals surface area contributed by atoms with Crippen LogP contribution in [0.15, 0.2) is 84.9 Å². The lowest BCUT2D eigenvalue weighted by molar-refractivity contribution is 0.860. The summed E-state index contributed by atoms with van der Waals surface area (Å²) in [5, 5.41) is 8.74. The molecule has 0 saturated heterocycles. The Balaban J connectivity index is 1.91. The van der Waals surface area contributed by atoms with E-state index < -0.39 is 0 Å². The van der Waals surface area contributed by atoms with Crippen LogP contribution >= 0.6 is 0 Å². The summed E-state index contributed by atoms with van der Waals surface area (Å²) in [7, 11) is 0. The molecule has 0 unspecified atom stereocenters. The molecule has 0 heterocycles. The van der Waals surface area contributed by atoms with Crippen LogP contribution in [-0.4, -0.2) is 0 Å². The molecule has 0 bridgehead atoms. The Bertz CT molecular complexity index is 1030. The zero-order chi connectivity index (χ0) is 18.5. The summed E-state index contributed by atoms with van der Waals surface area (Å²) in [5.74, 6) is 0. The van der Waals surface area contributed by atoms with Crippen molar-refractivity contribution in [1.29, 1.82) is 5.26 Å². The third-order valence-corrected chi connectivity index (χ3v) is 5.13. The van der Waals surface area contributed by atoms with Crippen molar-refractivity contribution in [2.24, 2.45) is 0 Å². The van der Waals surface area contributed by atoms with Crippen LogP contribution in [0.5, 0.6) is 0 Å². The minimum absolute atomic E-state index is 1.05. The third-order valence-electron chi connectivity index (χ3n) is 5.13. The Kier molecular flexibility index (Phi) is 4.99. The Morgan fingerprint density at radius 1 is 0.741 bits per heavy atom. The molecule has 0 atom stereocenters. The molecule has 0 aromatic heterocycles. The Labute approximate surface area is 160 Å².